The Hall–Kier alpha value is -1.55. The van der Waals surface area contributed by atoms with E-state index in [-0.39, 0.29) is 11.3 Å². The fraction of sp³-hybridized carbons (Fsp3) is 0. The molecular formula is C8H7ClN2O2. The zero-order valence-corrected chi connectivity index (χ0v) is 7.30. The first kappa shape index (κ1) is 9.54. The van der Waals surface area contributed by atoms with Crippen molar-refractivity contribution in [2.75, 3.05) is 5.73 Å². The molecule has 0 fully saturated rings. The number of rotatable bonds is 2. The Morgan fingerprint density at radius 3 is 2.62 bits per heavy atom. The lowest BCUT2D eigenvalue weighted by Crippen LogP contribution is -2.14. The molecule has 0 aromatic heterocycles. The zero-order chi connectivity index (χ0) is 10.0. The molecule has 0 spiro atoms. The molecule has 68 valence electrons. The summed E-state index contributed by atoms with van der Waals surface area (Å²) in [6, 6.07) is 4.31. The van der Waals surface area contributed by atoms with Crippen molar-refractivity contribution in [1.29, 1.82) is 5.41 Å². The van der Waals surface area contributed by atoms with Crippen LogP contribution in [0.15, 0.2) is 18.2 Å². The molecule has 0 unspecified atom stereocenters. The van der Waals surface area contributed by atoms with E-state index in [0.29, 0.717) is 5.02 Å². The monoisotopic (exact) mass is 198 g/mol. The van der Waals surface area contributed by atoms with E-state index in [9.17, 15) is 4.79 Å². The van der Waals surface area contributed by atoms with E-state index in [1.165, 1.54) is 18.2 Å². The van der Waals surface area contributed by atoms with E-state index < -0.39 is 11.7 Å². The first-order valence-corrected chi connectivity index (χ1v) is 3.77. The fourth-order valence-corrected chi connectivity index (χ4v) is 1.06. The Morgan fingerprint density at radius 2 is 2.15 bits per heavy atom. The van der Waals surface area contributed by atoms with Crippen LogP contribution in [0.2, 0.25) is 5.02 Å². The molecule has 0 atom stereocenters. The van der Waals surface area contributed by atoms with Crippen LogP contribution < -0.4 is 5.73 Å². The van der Waals surface area contributed by atoms with Crippen molar-refractivity contribution in [1.82, 2.24) is 0 Å². The van der Waals surface area contributed by atoms with Gasteiger partial charge >= 0.3 is 5.97 Å². The minimum atomic E-state index is -1.31. The summed E-state index contributed by atoms with van der Waals surface area (Å²) in [6.07, 6.45) is 0. The largest absolute Gasteiger partial charge is 0.477 e. The number of nitrogens with two attached hydrogens (primary N) is 1. The normalized spacial score (nSPS) is 9.62. The second-order valence-corrected chi connectivity index (χ2v) is 2.85. The predicted octanol–water partition coefficient (Wildman–Crippen LogP) is 1.37. The number of carboxylic acids is 1. The minimum absolute atomic E-state index is 0.178. The number of halogens is 1. The Balaban J connectivity index is 3.16. The molecule has 0 amide bonds. The van der Waals surface area contributed by atoms with Crippen LogP contribution in [-0.2, 0) is 4.79 Å². The molecule has 0 aliphatic rings. The highest BCUT2D eigenvalue weighted by Gasteiger charge is 2.12. The van der Waals surface area contributed by atoms with Crippen LogP contribution in [0.5, 0.6) is 0 Å². The lowest BCUT2D eigenvalue weighted by molar-refractivity contribution is -0.129. The Labute approximate surface area is 79.4 Å². The van der Waals surface area contributed by atoms with Crippen molar-refractivity contribution in [3.8, 4) is 0 Å². The summed E-state index contributed by atoms with van der Waals surface area (Å²) in [7, 11) is 0. The van der Waals surface area contributed by atoms with Crippen LogP contribution in [0.1, 0.15) is 5.56 Å². The number of aliphatic carboxylic acids is 1. The van der Waals surface area contributed by atoms with Crippen molar-refractivity contribution in [2.45, 2.75) is 0 Å². The van der Waals surface area contributed by atoms with Crippen LogP contribution in [0.25, 0.3) is 0 Å². The van der Waals surface area contributed by atoms with E-state index in [1.807, 2.05) is 0 Å². The van der Waals surface area contributed by atoms with Crippen molar-refractivity contribution in [3.63, 3.8) is 0 Å². The molecule has 1 aromatic rings. The van der Waals surface area contributed by atoms with Gasteiger partial charge in [-0.05, 0) is 18.2 Å². The van der Waals surface area contributed by atoms with E-state index in [4.69, 9.17) is 27.9 Å². The second-order valence-electron chi connectivity index (χ2n) is 2.41. The Kier molecular flexibility index (Phi) is 2.53. The highest BCUT2D eigenvalue weighted by atomic mass is 35.5. The van der Waals surface area contributed by atoms with Gasteiger partial charge in [-0.2, -0.15) is 0 Å². The summed E-state index contributed by atoms with van der Waals surface area (Å²) < 4.78 is 0. The molecule has 0 aliphatic carbocycles. The smallest absolute Gasteiger partial charge is 0.354 e. The summed E-state index contributed by atoms with van der Waals surface area (Å²) in [4.78, 5) is 10.4. The van der Waals surface area contributed by atoms with Crippen LogP contribution in [0.4, 0.5) is 5.69 Å². The summed E-state index contributed by atoms with van der Waals surface area (Å²) in [5.74, 6) is -1.31. The number of carboxylic acid groups (broad SMARTS) is 1. The van der Waals surface area contributed by atoms with Gasteiger partial charge < -0.3 is 10.8 Å². The van der Waals surface area contributed by atoms with Gasteiger partial charge in [-0.3, -0.25) is 5.41 Å². The standard InChI is InChI=1S/C8H7ClN2O2/c9-4-1-2-5(6(10)3-4)7(11)8(12)13/h1-3,11H,10H2,(H,12,13). The minimum Gasteiger partial charge on any atom is -0.477 e. The van der Waals surface area contributed by atoms with Crippen LogP contribution in [0.3, 0.4) is 0 Å². The Bertz CT molecular complexity index is 376. The topological polar surface area (TPSA) is 87.2 Å². The molecule has 1 aromatic carbocycles. The number of nitrogen functional groups attached to an aromatic ring is 1. The number of hydrogen-bond acceptors (Lipinski definition) is 3. The summed E-state index contributed by atoms with van der Waals surface area (Å²) >= 11 is 5.60. The van der Waals surface area contributed by atoms with E-state index >= 15 is 0 Å². The molecule has 0 saturated heterocycles. The van der Waals surface area contributed by atoms with Gasteiger partial charge in [-0.1, -0.05) is 11.6 Å². The maximum Gasteiger partial charge on any atom is 0.354 e. The van der Waals surface area contributed by atoms with E-state index in [2.05, 4.69) is 0 Å². The van der Waals surface area contributed by atoms with Gasteiger partial charge in [0.05, 0.1) is 0 Å². The lowest BCUT2D eigenvalue weighted by Gasteiger charge is -2.03. The maximum atomic E-state index is 10.4. The van der Waals surface area contributed by atoms with Gasteiger partial charge in [0.2, 0.25) is 0 Å². The molecule has 4 N–H and O–H groups in total. The lowest BCUT2D eigenvalue weighted by atomic mass is 10.1. The third-order valence-electron chi connectivity index (χ3n) is 1.50. The Morgan fingerprint density at radius 1 is 1.54 bits per heavy atom. The molecule has 0 heterocycles. The third kappa shape index (κ3) is 1.97. The van der Waals surface area contributed by atoms with E-state index in [0.717, 1.165) is 0 Å². The van der Waals surface area contributed by atoms with Crippen molar-refractivity contribution in [2.24, 2.45) is 0 Å². The molecule has 4 nitrogen and oxygen atoms in total. The first-order chi connectivity index (χ1) is 6.02. The van der Waals surface area contributed by atoms with Gasteiger partial charge in [0.25, 0.3) is 0 Å². The van der Waals surface area contributed by atoms with Crippen LogP contribution >= 0.6 is 11.6 Å². The van der Waals surface area contributed by atoms with Crippen molar-refractivity contribution < 1.29 is 9.90 Å². The highest BCUT2D eigenvalue weighted by molar-refractivity contribution is 6.42. The van der Waals surface area contributed by atoms with Crippen LogP contribution in [-0.4, -0.2) is 16.8 Å². The number of hydrogen-bond donors (Lipinski definition) is 3. The molecule has 0 aliphatic heterocycles. The average Bonchev–Trinajstić information content (AvgIpc) is 2.03. The quantitative estimate of drug-likeness (QED) is 0.496. The number of benzene rings is 1. The summed E-state index contributed by atoms with van der Waals surface area (Å²) in [6.45, 7) is 0. The predicted molar refractivity (Wildman–Crippen MR) is 50.3 cm³/mol. The molecule has 1 rings (SSSR count). The number of anilines is 1. The molecule has 5 heteroatoms. The molecule has 0 radical (unpaired) electrons. The molecule has 0 bridgehead atoms. The van der Waals surface area contributed by atoms with E-state index in [1.54, 1.807) is 0 Å². The number of carbonyl (C=O) groups is 1. The van der Waals surface area contributed by atoms with Gasteiger partial charge in [-0.25, -0.2) is 4.79 Å². The fourth-order valence-electron chi connectivity index (χ4n) is 0.876. The summed E-state index contributed by atoms with van der Waals surface area (Å²) in [5, 5.41) is 16.1. The SMILES string of the molecule is N=C(C(=O)O)c1ccc(Cl)cc1N. The van der Waals surface area contributed by atoms with Gasteiger partial charge in [0.1, 0.15) is 5.71 Å². The molecular weight excluding hydrogens is 192 g/mol. The molecule has 13 heavy (non-hydrogen) atoms. The third-order valence-corrected chi connectivity index (χ3v) is 1.73. The first-order valence-electron chi connectivity index (χ1n) is 3.39. The van der Waals surface area contributed by atoms with Crippen molar-refractivity contribution >= 4 is 29.0 Å². The van der Waals surface area contributed by atoms with Gasteiger partial charge in [0, 0.05) is 16.3 Å². The van der Waals surface area contributed by atoms with Crippen LogP contribution in [0, 0.1) is 5.41 Å². The van der Waals surface area contributed by atoms with Gasteiger partial charge in [-0.15, -0.1) is 0 Å². The second kappa shape index (κ2) is 3.45. The van der Waals surface area contributed by atoms with Crippen molar-refractivity contribution in [3.05, 3.63) is 28.8 Å². The summed E-state index contributed by atoms with van der Waals surface area (Å²) in [5.41, 5.74) is 5.31. The van der Waals surface area contributed by atoms with Gasteiger partial charge in [0.15, 0.2) is 0 Å². The average molecular weight is 199 g/mol. The highest BCUT2D eigenvalue weighted by Crippen LogP contribution is 2.18. The maximum absolute atomic E-state index is 10.4. The molecule has 0 saturated carbocycles. The zero-order valence-electron chi connectivity index (χ0n) is 6.54. The number of nitrogens with one attached hydrogen (secondary N) is 1.